The van der Waals surface area contributed by atoms with Crippen molar-refractivity contribution >= 4 is 18.4 Å². The Morgan fingerprint density at radius 1 is 1.33 bits per heavy atom. The topological polar surface area (TPSA) is 38.3 Å². The zero-order chi connectivity index (χ0) is 10.2. The van der Waals surface area contributed by atoms with Crippen molar-refractivity contribution < 1.29 is 9.53 Å². The molecule has 1 N–H and O–H groups in total. The van der Waals surface area contributed by atoms with E-state index in [-0.39, 0.29) is 18.4 Å². The summed E-state index contributed by atoms with van der Waals surface area (Å²) in [6.45, 7) is 2.34. The van der Waals surface area contributed by atoms with Crippen LogP contribution in [0, 0.1) is 5.92 Å². The Kier molecular flexibility index (Phi) is 8.82. The first-order chi connectivity index (χ1) is 6.83. The lowest BCUT2D eigenvalue weighted by Crippen LogP contribution is -2.27. The fourth-order valence-electron chi connectivity index (χ4n) is 1.97. The minimum absolute atomic E-state index is 0. The number of carbonyl (C=O) groups is 1. The van der Waals surface area contributed by atoms with Gasteiger partial charge >= 0.3 is 5.97 Å². The van der Waals surface area contributed by atoms with Gasteiger partial charge in [-0.2, -0.15) is 0 Å². The first-order valence-electron chi connectivity index (χ1n) is 5.60. The highest BCUT2D eigenvalue weighted by atomic mass is 35.5. The van der Waals surface area contributed by atoms with Gasteiger partial charge in [0, 0.05) is 6.42 Å². The van der Waals surface area contributed by atoms with Gasteiger partial charge in [-0.05, 0) is 38.3 Å². The van der Waals surface area contributed by atoms with E-state index >= 15 is 0 Å². The quantitative estimate of drug-likeness (QED) is 0.586. The molecule has 1 fully saturated rings. The lowest BCUT2D eigenvalue weighted by molar-refractivity contribution is -0.140. The van der Waals surface area contributed by atoms with E-state index < -0.39 is 0 Å². The van der Waals surface area contributed by atoms with Gasteiger partial charge in [0.2, 0.25) is 0 Å². The lowest BCUT2D eigenvalue weighted by atomic mass is 9.92. The maximum Gasteiger partial charge on any atom is 0.305 e. The van der Waals surface area contributed by atoms with Crippen molar-refractivity contribution in [3.63, 3.8) is 0 Å². The second-order valence-corrected chi connectivity index (χ2v) is 4.02. The Morgan fingerprint density at radius 2 is 2.00 bits per heavy atom. The summed E-state index contributed by atoms with van der Waals surface area (Å²) in [5, 5.41) is 3.36. The van der Waals surface area contributed by atoms with E-state index in [1.807, 2.05) is 0 Å². The summed E-state index contributed by atoms with van der Waals surface area (Å²) >= 11 is 0. The molecule has 3 nitrogen and oxygen atoms in total. The number of rotatable bonds is 5. The molecule has 0 aliphatic carbocycles. The molecule has 0 saturated carbocycles. The van der Waals surface area contributed by atoms with Gasteiger partial charge < -0.3 is 10.1 Å². The van der Waals surface area contributed by atoms with Crippen LogP contribution in [-0.4, -0.2) is 26.2 Å². The van der Waals surface area contributed by atoms with Crippen LogP contribution in [0.5, 0.6) is 0 Å². The van der Waals surface area contributed by atoms with Crippen LogP contribution in [0.4, 0.5) is 0 Å². The van der Waals surface area contributed by atoms with Crippen molar-refractivity contribution in [1.29, 1.82) is 0 Å². The predicted molar refractivity (Wildman–Crippen MR) is 63.3 cm³/mol. The van der Waals surface area contributed by atoms with E-state index in [0.717, 1.165) is 12.3 Å². The Balaban J connectivity index is 0.00000196. The third kappa shape index (κ3) is 6.74. The van der Waals surface area contributed by atoms with Crippen LogP contribution in [0.3, 0.4) is 0 Å². The molecule has 4 heteroatoms. The van der Waals surface area contributed by atoms with Crippen molar-refractivity contribution in [2.24, 2.45) is 5.92 Å². The molecule has 0 aromatic carbocycles. The van der Waals surface area contributed by atoms with Gasteiger partial charge in [0.1, 0.15) is 0 Å². The molecule has 0 spiro atoms. The van der Waals surface area contributed by atoms with Gasteiger partial charge in [0.25, 0.3) is 0 Å². The minimum Gasteiger partial charge on any atom is -0.469 e. The van der Waals surface area contributed by atoms with E-state index in [2.05, 4.69) is 10.1 Å². The Morgan fingerprint density at radius 3 is 2.60 bits per heavy atom. The summed E-state index contributed by atoms with van der Waals surface area (Å²) < 4.78 is 4.59. The molecule has 0 bridgehead atoms. The molecule has 0 aromatic heterocycles. The fraction of sp³-hybridized carbons (Fsp3) is 0.909. The summed E-state index contributed by atoms with van der Waals surface area (Å²) in [5.41, 5.74) is 0. The molecule has 90 valence electrons. The standard InChI is InChI=1S/C11H21NO2.ClH/c1-14-11(13)5-3-2-4-10-6-8-12-9-7-10;/h10,12H,2-9H2,1H3;1H. The molecule has 1 aliphatic heterocycles. The van der Waals surface area contributed by atoms with Gasteiger partial charge in [-0.1, -0.05) is 12.8 Å². The molecule has 1 saturated heterocycles. The van der Waals surface area contributed by atoms with Crippen LogP contribution in [0.2, 0.25) is 0 Å². The van der Waals surface area contributed by atoms with Crippen molar-refractivity contribution in [3.8, 4) is 0 Å². The van der Waals surface area contributed by atoms with Crippen LogP contribution in [-0.2, 0) is 9.53 Å². The Hall–Kier alpha value is -0.280. The number of nitrogens with one attached hydrogen (secondary N) is 1. The largest absolute Gasteiger partial charge is 0.469 e. The zero-order valence-electron chi connectivity index (χ0n) is 9.46. The molecule has 0 radical (unpaired) electrons. The normalized spacial score (nSPS) is 16.9. The first kappa shape index (κ1) is 14.7. The van der Waals surface area contributed by atoms with Gasteiger partial charge in [-0.25, -0.2) is 0 Å². The SMILES string of the molecule is COC(=O)CCCCC1CCNCC1.Cl. The van der Waals surface area contributed by atoms with Crippen LogP contribution in [0.15, 0.2) is 0 Å². The summed E-state index contributed by atoms with van der Waals surface area (Å²) in [5.74, 6) is 0.809. The second kappa shape index (κ2) is 8.98. The van der Waals surface area contributed by atoms with Gasteiger partial charge in [-0.15, -0.1) is 12.4 Å². The highest BCUT2D eigenvalue weighted by molar-refractivity contribution is 5.85. The molecule has 15 heavy (non-hydrogen) atoms. The van der Waals surface area contributed by atoms with Crippen LogP contribution >= 0.6 is 12.4 Å². The second-order valence-electron chi connectivity index (χ2n) is 4.02. The smallest absolute Gasteiger partial charge is 0.305 e. The van der Waals surface area contributed by atoms with E-state index in [4.69, 9.17) is 0 Å². The zero-order valence-corrected chi connectivity index (χ0v) is 10.3. The van der Waals surface area contributed by atoms with Gasteiger partial charge in [-0.3, -0.25) is 4.79 Å². The number of halogens is 1. The number of hydrogen-bond acceptors (Lipinski definition) is 3. The van der Waals surface area contributed by atoms with Gasteiger partial charge in [0.05, 0.1) is 7.11 Å². The first-order valence-corrected chi connectivity index (χ1v) is 5.60. The molecule has 1 aliphatic rings. The number of ether oxygens (including phenoxy) is 1. The van der Waals surface area contributed by atoms with E-state index in [0.29, 0.717) is 6.42 Å². The molecule has 0 amide bonds. The molecular weight excluding hydrogens is 214 g/mol. The molecule has 1 rings (SSSR count). The van der Waals surface area contributed by atoms with E-state index in [9.17, 15) is 4.79 Å². The number of piperidine rings is 1. The number of unbranched alkanes of at least 4 members (excludes halogenated alkanes) is 1. The Bertz CT molecular complexity index is 170. The van der Waals surface area contributed by atoms with Crippen LogP contribution in [0.25, 0.3) is 0 Å². The molecule has 0 atom stereocenters. The van der Waals surface area contributed by atoms with Crippen molar-refractivity contribution in [1.82, 2.24) is 5.32 Å². The molecule has 0 unspecified atom stereocenters. The lowest BCUT2D eigenvalue weighted by Gasteiger charge is -2.22. The van der Waals surface area contributed by atoms with E-state index in [1.54, 1.807) is 0 Å². The maximum absolute atomic E-state index is 10.8. The maximum atomic E-state index is 10.8. The van der Waals surface area contributed by atoms with Gasteiger partial charge in [0.15, 0.2) is 0 Å². The van der Waals surface area contributed by atoms with Crippen molar-refractivity contribution in [2.45, 2.75) is 38.5 Å². The summed E-state index contributed by atoms with van der Waals surface area (Å²) in [6.07, 6.45) is 6.62. The molecular formula is C11H22ClNO2. The van der Waals surface area contributed by atoms with Crippen molar-refractivity contribution in [2.75, 3.05) is 20.2 Å². The average molecular weight is 236 g/mol. The van der Waals surface area contributed by atoms with Crippen LogP contribution in [0.1, 0.15) is 38.5 Å². The Labute approximate surface area is 98.4 Å². The predicted octanol–water partition coefficient (Wildman–Crippen LogP) is 2.14. The highest BCUT2D eigenvalue weighted by Crippen LogP contribution is 2.19. The molecule has 0 aromatic rings. The molecule has 1 heterocycles. The summed E-state index contributed by atoms with van der Waals surface area (Å²) in [4.78, 5) is 10.8. The fourth-order valence-corrected chi connectivity index (χ4v) is 1.97. The third-order valence-corrected chi connectivity index (χ3v) is 2.93. The third-order valence-electron chi connectivity index (χ3n) is 2.93. The number of esters is 1. The monoisotopic (exact) mass is 235 g/mol. The average Bonchev–Trinajstić information content (AvgIpc) is 2.25. The number of hydrogen-bond donors (Lipinski definition) is 1. The summed E-state index contributed by atoms with van der Waals surface area (Å²) in [6, 6.07) is 0. The number of methoxy groups -OCH3 is 1. The summed E-state index contributed by atoms with van der Waals surface area (Å²) in [7, 11) is 1.45. The van der Waals surface area contributed by atoms with E-state index in [1.165, 1.54) is 45.9 Å². The van der Waals surface area contributed by atoms with Crippen LogP contribution < -0.4 is 5.32 Å². The highest BCUT2D eigenvalue weighted by Gasteiger charge is 2.12. The van der Waals surface area contributed by atoms with Crippen molar-refractivity contribution in [3.05, 3.63) is 0 Å². The minimum atomic E-state index is -0.0738. The number of carbonyl (C=O) groups excluding carboxylic acids is 1.